The van der Waals surface area contributed by atoms with Crippen molar-refractivity contribution >= 4 is 11.9 Å². The maximum absolute atomic E-state index is 12.5. The van der Waals surface area contributed by atoms with E-state index in [2.05, 4.69) is 41.2 Å². The normalized spacial score (nSPS) is 20.4. The van der Waals surface area contributed by atoms with Crippen LogP contribution in [0.15, 0.2) is 12.7 Å². The van der Waals surface area contributed by atoms with Gasteiger partial charge >= 0.3 is 11.9 Å². The summed E-state index contributed by atoms with van der Waals surface area (Å²) in [5, 5.41) is 1.75. The monoisotopic (exact) mass is 454 g/mol. The summed E-state index contributed by atoms with van der Waals surface area (Å²) in [5.41, 5.74) is -0.906. The van der Waals surface area contributed by atoms with Crippen LogP contribution in [0.1, 0.15) is 101 Å². The fourth-order valence-electron chi connectivity index (χ4n) is 4.74. The van der Waals surface area contributed by atoms with Gasteiger partial charge in [-0.25, -0.2) is 4.94 Å². The third kappa shape index (κ3) is 9.20. The summed E-state index contributed by atoms with van der Waals surface area (Å²) in [6, 6.07) is 0. The molecule has 1 fully saturated rings. The summed E-state index contributed by atoms with van der Waals surface area (Å²) >= 11 is 0. The van der Waals surface area contributed by atoms with Gasteiger partial charge < -0.3 is 9.47 Å². The summed E-state index contributed by atoms with van der Waals surface area (Å²) in [4.78, 5) is 30.1. The number of hydrogen-bond donors (Lipinski definition) is 1. The van der Waals surface area contributed by atoms with Gasteiger partial charge in [0.15, 0.2) is 0 Å². The Hall–Kier alpha value is -1.44. The van der Waals surface area contributed by atoms with Crippen molar-refractivity contribution in [3.8, 4) is 0 Å². The first-order chi connectivity index (χ1) is 14.4. The van der Waals surface area contributed by atoms with Crippen molar-refractivity contribution in [2.75, 3.05) is 0 Å². The molecule has 1 unspecified atom stereocenters. The molecule has 0 aliphatic carbocycles. The molecule has 1 heterocycles. The van der Waals surface area contributed by atoms with Crippen LogP contribution < -0.4 is 5.90 Å². The molecule has 0 saturated carbocycles. The highest BCUT2D eigenvalue weighted by atomic mass is 16.8. The lowest BCUT2D eigenvalue weighted by molar-refractivity contribution is -0.296. The number of hydroxylamine groups is 2. The Bertz CT molecular complexity index is 646. The first kappa shape index (κ1) is 28.6. The first-order valence-electron chi connectivity index (χ1n) is 11.6. The van der Waals surface area contributed by atoms with Crippen molar-refractivity contribution in [1.29, 1.82) is 0 Å². The molecule has 1 rings (SSSR count). The average Bonchev–Trinajstić information content (AvgIpc) is 2.56. The summed E-state index contributed by atoms with van der Waals surface area (Å²) in [6.45, 7) is 22.4. The van der Waals surface area contributed by atoms with Crippen LogP contribution in [0, 0.1) is 10.8 Å². The van der Waals surface area contributed by atoms with Crippen LogP contribution in [-0.4, -0.2) is 40.3 Å². The fraction of sp³-hybridized carbons (Fsp3) is 0.840. The fourth-order valence-corrected chi connectivity index (χ4v) is 4.74. The Morgan fingerprint density at radius 2 is 1.53 bits per heavy atom. The second kappa shape index (κ2) is 10.7. The van der Waals surface area contributed by atoms with Crippen molar-refractivity contribution in [3.05, 3.63) is 12.7 Å². The molecular weight excluding hydrogens is 408 g/mol. The van der Waals surface area contributed by atoms with Gasteiger partial charge in [-0.05, 0) is 51.4 Å². The van der Waals surface area contributed by atoms with Crippen LogP contribution in [0.2, 0.25) is 0 Å². The van der Waals surface area contributed by atoms with Crippen molar-refractivity contribution in [2.24, 2.45) is 16.7 Å². The molecule has 7 nitrogen and oxygen atoms in total. The lowest BCUT2D eigenvalue weighted by atomic mass is 9.80. The minimum absolute atomic E-state index is 0.000380. The van der Waals surface area contributed by atoms with Gasteiger partial charge in [-0.1, -0.05) is 40.7 Å². The first-order valence-corrected chi connectivity index (χ1v) is 11.6. The number of hydrogen-bond acceptors (Lipinski definition) is 7. The zero-order valence-electron chi connectivity index (χ0n) is 21.7. The second-order valence-electron chi connectivity index (χ2n) is 12.3. The largest absolute Gasteiger partial charge is 0.462 e. The summed E-state index contributed by atoms with van der Waals surface area (Å²) < 4.78 is 11.5. The van der Waals surface area contributed by atoms with Crippen LogP contribution in [0.25, 0.3) is 0 Å². The van der Waals surface area contributed by atoms with E-state index < -0.39 is 11.1 Å². The van der Waals surface area contributed by atoms with Gasteiger partial charge in [0.25, 0.3) is 0 Å². The van der Waals surface area contributed by atoms with Crippen LogP contribution >= 0.6 is 0 Å². The predicted molar refractivity (Wildman–Crippen MR) is 126 cm³/mol. The van der Waals surface area contributed by atoms with E-state index in [0.29, 0.717) is 19.3 Å². The van der Waals surface area contributed by atoms with E-state index in [1.165, 1.54) is 0 Å². The summed E-state index contributed by atoms with van der Waals surface area (Å²) in [6.07, 6.45) is 4.01. The highest BCUT2D eigenvalue weighted by Crippen LogP contribution is 2.39. The lowest BCUT2D eigenvalue weighted by Crippen LogP contribution is -2.62. The smallest absolute Gasteiger partial charge is 0.306 e. The molecule has 0 spiro atoms. The number of rotatable bonds is 10. The highest BCUT2D eigenvalue weighted by Gasteiger charge is 2.47. The lowest BCUT2D eigenvalue weighted by Gasteiger charge is -2.52. The molecule has 1 aliphatic heterocycles. The topological polar surface area (TPSA) is 91.1 Å². The third-order valence-corrected chi connectivity index (χ3v) is 5.94. The Morgan fingerprint density at radius 3 is 1.97 bits per heavy atom. The van der Waals surface area contributed by atoms with E-state index in [9.17, 15) is 9.59 Å². The minimum Gasteiger partial charge on any atom is -0.462 e. The number of carbonyl (C=O) groups excluding carboxylic acids is 2. The minimum atomic E-state index is -0.390. The molecule has 7 heteroatoms. The zero-order valence-corrected chi connectivity index (χ0v) is 21.7. The number of piperidine rings is 1. The van der Waals surface area contributed by atoms with E-state index in [4.69, 9.17) is 20.3 Å². The van der Waals surface area contributed by atoms with E-state index >= 15 is 0 Å². The molecule has 1 aliphatic rings. The molecule has 0 aromatic rings. The van der Waals surface area contributed by atoms with Crippen molar-refractivity contribution < 1.29 is 24.0 Å². The number of ether oxygens (including phenoxy) is 2. The van der Waals surface area contributed by atoms with E-state index in [0.717, 1.165) is 6.42 Å². The predicted octanol–water partition coefficient (Wildman–Crippen LogP) is 5.09. The highest BCUT2D eigenvalue weighted by molar-refractivity contribution is 5.77. The van der Waals surface area contributed by atoms with Gasteiger partial charge in [0.05, 0.1) is 12.8 Å². The van der Waals surface area contributed by atoms with Crippen molar-refractivity contribution in [3.63, 3.8) is 0 Å². The molecule has 1 saturated heterocycles. The van der Waals surface area contributed by atoms with E-state index in [1.54, 1.807) is 5.06 Å². The van der Waals surface area contributed by atoms with Gasteiger partial charge in [-0.2, -0.15) is 11.0 Å². The maximum atomic E-state index is 12.5. The zero-order chi connectivity index (χ0) is 25.0. The summed E-state index contributed by atoms with van der Waals surface area (Å²) in [5.74, 6) is 4.71. The van der Waals surface area contributed by atoms with Crippen molar-refractivity contribution in [1.82, 2.24) is 5.06 Å². The van der Waals surface area contributed by atoms with E-state index in [1.807, 2.05) is 33.8 Å². The second-order valence-corrected chi connectivity index (χ2v) is 12.3. The number of allylic oxidation sites excluding steroid dienone is 1. The Labute approximate surface area is 194 Å². The van der Waals surface area contributed by atoms with Crippen LogP contribution in [0.5, 0.6) is 0 Å². The van der Waals surface area contributed by atoms with Gasteiger partial charge in [-0.15, -0.1) is 6.58 Å². The Kier molecular flexibility index (Phi) is 9.52. The molecule has 0 aromatic carbocycles. The number of nitrogens with zero attached hydrogens (tertiary/aromatic N) is 1. The van der Waals surface area contributed by atoms with Crippen LogP contribution in [0.4, 0.5) is 0 Å². The molecule has 0 aromatic heterocycles. The molecule has 186 valence electrons. The molecule has 0 bridgehead atoms. The van der Waals surface area contributed by atoms with Gasteiger partial charge in [0.1, 0.15) is 12.2 Å². The van der Waals surface area contributed by atoms with Gasteiger partial charge in [-0.3, -0.25) is 9.59 Å². The van der Waals surface area contributed by atoms with E-state index in [-0.39, 0.29) is 47.8 Å². The Morgan fingerprint density at radius 1 is 1.03 bits per heavy atom. The van der Waals surface area contributed by atoms with Gasteiger partial charge in [0.2, 0.25) is 0 Å². The standard InChI is InChI=1S/C25H46N2O5/c1-11-23(5,6)15-18(14-22(2,3)4)30-20(28)12-13-21(29)31-19-16-24(7,8)27(32-26)25(9,10)17-19/h11,18-19H,1,12-17,26H2,2-10H3. The van der Waals surface area contributed by atoms with Crippen molar-refractivity contribution in [2.45, 2.75) is 124 Å². The molecule has 0 radical (unpaired) electrons. The Balaban J connectivity index is 2.63. The maximum Gasteiger partial charge on any atom is 0.306 e. The molecule has 32 heavy (non-hydrogen) atoms. The van der Waals surface area contributed by atoms with Gasteiger partial charge in [0, 0.05) is 23.9 Å². The number of carbonyl (C=O) groups is 2. The molecule has 1 atom stereocenters. The van der Waals surface area contributed by atoms with Crippen LogP contribution in [-0.2, 0) is 24.0 Å². The number of esters is 2. The third-order valence-electron chi connectivity index (χ3n) is 5.94. The average molecular weight is 455 g/mol. The SMILES string of the molecule is C=CC(C)(C)CC(CC(C)(C)C)OC(=O)CCC(=O)OC1CC(C)(C)N(ON)C(C)(C)C1. The molecule has 2 N–H and O–H groups in total. The molecule has 0 amide bonds. The number of nitrogens with two attached hydrogens (primary N) is 1. The quantitative estimate of drug-likeness (QED) is 0.279. The molecular formula is C25H46N2O5. The van der Waals surface area contributed by atoms with Crippen LogP contribution in [0.3, 0.4) is 0 Å². The summed E-state index contributed by atoms with van der Waals surface area (Å²) in [7, 11) is 0.